The molecule has 0 fully saturated rings. The number of carbonyl (C=O) groups is 1. The van der Waals surface area contributed by atoms with Gasteiger partial charge < -0.3 is 5.32 Å². The highest BCUT2D eigenvalue weighted by Gasteiger charge is 2.24. The van der Waals surface area contributed by atoms with Crippen molar-refractivity contribution in [2.24, 2.45) is 0 Å². The largest absolute Gasteiger partial charge is 0.346 e. The highest BCUT2D eigenvalue weighted by atomic mass is 79.9. The third kappa shape index (κ3) is 3.21. The predicted octanol–water partition coefficient (Wildman–Crippen LogP) is 3.01. The van der Waals surface area contributed by atoms with Crippen molar-refractivity contribution in [2.45, 2.75) is 19.4 Å². The van der Waals surface area contributed by atoms with Crippen LogP contribution in [0, 0.1) is 17.5 Å². The molecule has 0 saturated carbocycles. The lowest BCUT2D eigenvalue weighted by atomic mass is 10.1. The van der Waals surface area contributed by atoms with Gasteiger partial charge in [-0.05, 0) is 26.0 Å². The molecule has 94 valence electrons. The van der Waals surface area contributed by atoms with Crippen molar-refractivity contribution in [3.05, 3.63) is 35.1 Å². The molecule has 1 amide bonds. The Bertz CT molecular complexity index is 449. The average molecular weight is 310 g/mol. The molecule has 0 aliphatic heterocycles. The number of halogens is 4. The second-order valence-electron chi connectivity index (χ2n) is 4.19. The molecule has 0 aliphatic carbocycles. The number of benzene rings is 1. The summed E-state index contributed by atoms with van der Waals surface area (Å²) in [5, 5.41) is 2.94. The zero-order valence-electron chi connectivity index (χ0n) is 9.28. The second kappa shape index (κ2) is 5.08. The normalized spacial score (nSPS) is 11.4. The third-order valence-electron chi connectivity index (χ3n) is 2.07. The highest BCUT2D eigenvalue weighted by Crippen LogP contribution is 2.16. The molecule has 0 aromatic heterocycles. The number of hydrogen-bond acceptors (Lipinski definition) is 1. The van der Waals surface area contributed by atoms with Crippen molar-refractivity contribution in [2.75, 3.05) is 5.33 Å². The van der Waals surface area contributed by atoms with Gasteiger partial charge in [-0.25, -0.2) is 13.2 Å². The molecule has 0 unspecified atom stereocenters. The fraction of sp³-hybridized carbons (Fsp3) is 0.364. The van der Waals surface area contributed by atoms with Gasteiger partial charge in [0.05, 0.1) is 5.56 Å². The average Bonchev–Trinajstić information content (AvgIpc) is 2.25. The van der Waals surface area contributed by atoms with Crippen molar-refractivity contribution in [1.82, 2.24) is 5.32 Å². The van der Waals surface area contributed by atoms with Gasteiger partial charge >= 0.3 is 0 Å². The maximum Gasteiger partial charge on any atom is 0.254 e. The van der Waals surface area contributed by atoms with Gasteiger partial charge in [0.1, 0.15) is 0 Å². The maximum absolute atomic E-state index is 13.3. The summed E-state index contributed by atoms with van der Waals surface area (Å²) >= 11 is 3.17. The molecular weight excluding hydrogens is 299 g/mol. The second-order valence-corrected chi connectivity index (χ2v) is 4.76. The Morgan fingerprint density at radius 3 is 2.41 bits per heavy atom. The van der Waals surface area contributed by atoms with E-state index in [0.717, 1.165) is 6.07 Å². The SMILES string of the molecule is CC(C)(CBr)NC(=O)c1ccc(F)c(F)c1F. The van der Waals surface area contributed by atoms with Crippen molar-refractivity contribution in [1.29, 1.82) is 0 Å². The van der Waals surface area contributed by atoms with Gasteiger partial charge in [0.15, 0.2) is 17.5 Å². The summed E-state index contributed by atoms with van der Waals surface area (Å²) < 4.78 is 38.9. The van der Waals surface area contributed by atoms with Crippen LogP contribution >= 0.6 is 15.9 Å². The highest BCUT2D eigenvalue weighted by molar-refractivity contribution is 9.09. The van der Waals surface area contributed by atoms with Crippen molar-refractivity contribution < 1.29 is 18.0 Å². The van der Waals surface area contributed by atoms with E-state index in [0.29, 0.717) is 11.4 Å². The van der Waals surface area contributed by atoms with Crippen LogP contribution in [0.2, 0.25) is 0 Å². The van der Waals surface area contributed by atoms with Crippen LogP contribution in [0.15, 0.2) is 12.1 Å². The van der Waals surface area contributed by atoms with Crippen LogP contribution in [0.1, 0.15) is 24.2 Å². The number of carbonyl (C=O) groups excluding carboxylic acids is 1. The van der Waals surface area contributed by atoms with Crippen molar-refractivity contribution >= 4 is 21.8 Å². The zero-order chi connectivity index (χ0) is 13.2. The van der Waals surface area contributed by atoms with E-state index < -0.39 is 34.5 Å². The Balaban J connectivity index is 3.02. The van der Waals surface area contributed by atoms with E-state index in [1.54, 1.807) is 13.8 Å². The number of hydrogen-bond donors (Lipinski definition) is 1. The summed E-state index contributed by atoms with van der Waals surface area (Å²) in [6.07, 6.45) is 0. The smallest absolute Gasteiger partial charge is 0.254 e. The Labute approximate surface area is 105 Å². The molecule has 0 saturated heterocycles. The van der Waals surface area contributed by atoms with Crippen LogP contribution in [-0.2, 0) is 0 Å². The molecule has 1 rings (SSSR count). The van der Waals surface area contributed by atoms with Gasteiger partial charge in [0.25, 0.3) is 5.91 Å². The van der Waals surface area contributed by atoms with Gasteiger partial charge in [-0.2, -0.15) is 0 Å². The topological polar surface area (TPSA) is 29.1 Å². The summed E-state index contributed by atoms with van der Waals surface area (Å²) in [6, 6.07) is 1.63. The third-order valence-corrected chi connectivity index (χ3v) is 3.47. The maximum atomic E-state index is 13.3. The lowest BCUT2D eigenvalue weighted by Gasteiger charge is -2.23. The van der Waals surface area contributed by atoms with E-state index in [2.05, 4.69) is 21.2 Å². The minimum atomic E-state index is -1.64. The fourth-order valence-corrected chi connectivity index (χ4v) is 1.25. The fourth-order valence-electron chi connectivity index (χ4n) is 1.11. The number of rotatable bonds is 3. The standard InChI is InChI=1S/C11H11BrF3NO/c1-11(2,5-12)16-10(17)6-3-4-7(13)9(15)8(6)14/h3-4H,5H2,1-2H3,(H,16,17). The molecule has 0 spiro atoms. The van der Waals surface area contributed by atoms with E-state index in [4.69, 9.17) is 0 Å². The van der Waals surface area contributed by atoms with Gasteiger partial charge in [-0.3, -0.25) is 4.79 Å². The number of nitrogens with one attached hydrogen (secondary N) is 1. The molecule has 0 heterocycles. The Morgan fingerprint density at radius 1 is 1.29 bits per heavy atom. The molecule has 0 aliphatic rings. The van der Waals surface area contributed by atoms with Crippen LogP contribution in [0.3, 0.4) is 0 Å². The van der Waals surface area contributed by atoms with Crippen molar-refractivity contribution in [3.8, 4) is 0 Å². The van der Waals surface area contributed by atoms with E-state index in [1.807, 2.05) is 0 Å². The molecule has 1 aromatic carbocycles. The molecule has 17 heavy (non-hydrogen) atoms. The zero-order valence-corrected chi connectivity index (χ0v) is 10.9. The molecule has 0 bridgehead atoms. The quantitative estimate of drug-likeness (QED) is 0.675. The summed E-state index contributed by atoms with van der Waals surface area (Å²) in [5.41, 5.74) is -1.13. The first-order valence-electron chi connectivity index (χ1n) is 4.80. The van der Waals surface area contributed by atoms with Crippen molar-refractivity contribution in [3.63, 3.8) is 0 Å². The first-order valence-corrected chi connectivity index (χ1v) is 5.92. The predicted molar refractivity (Wildman–Crippen MR) is 61.7 cm³/mol. The number of amides is 1. The minimum absolute atomic E-state index is 0.442. The van der Waals surface area contributed by atoms with Crippen LogP contribution in [0.4, 0.5) is 13.2 Å². The Hall–Kier alpha value is -1.04. The molecule has 6 heteroatoms. The first-order chi connectivity index (χ1) is 7.78. The van der Waals surface area contributed by atoms with Crippen LogP contribution in [-0.4, -0.2) is 16.8 Å². The molecule has 2 nitrogen and oxygen atoms in total. The molecule has 0 radical (unpaired) electrons. The van der Waals surface area contributed by atoms with Gasteiger partial charge in [-0.15, -0.1) is 0 Å². The molecule has 1 aromatic rings. The molecular formula is C11H11BrF3NO. The van der Waals surface area contributed by atoms with E-state index in [-0.39, 0.29) is 0 Å². The van der Waals surface area contributed by atoms with E-state index in [1.165, 1.54) is 0 Å². The Kier molecular flexibility index (Phi) is 4.19. The van der Waals surface area contributed by atoms with E-state index >= 15 is 0 Å². The number of alkyl halides is 1. The summed E-state index contributed by atoms with van der Waals surface area (Å²) in [6.45, 7) is 3.41. The van der Waals surface area contributed by atoms with Crippen LogP contribution < -0.4 is 5.32 Å². The van der Waals surface area contributed by atoms with E-state index in [9.17, 15) is 18.0 Å². The van der Waals surface area contributed by atoms with Gasteiger partial charge in [-0.1, -0.05) is 15.9 Å². The van der Waals surface area contributed by atoms with Crippen LogP contribution in [0.25, 0.3) is 0 Å². The summed E-state index contributed by atoms with van der Waals surface area (Å²) in [7, 11) is 0. The monoisotopic (exact) mass is 309 g/mol. The van der Waals surface area contributed by atoms with Gasteiger partial charge in [0, 0.05) is 10.9 Å². The molecule has 1 N–H and O–H groups in total. The summed E-state index contributed by atoms with van der Waals surface area (Å²) in [4.78, 5) is 11.6. The van der Waals surface area contributed by atoms with Gasteiger partial charge in [0.2, 0.25) is 0 Å². The first kappa shape index (κ1) is 14.0. The lowest BCUT2D eigenvalue weighted by Crippen LogP contribution is -2.45. The lowest BCUT2D eigenvalue weighted by molar-refractivity contribution is 0.0916. The minimum Gasteiger partial charge on any atom is -0.346 e. The van der Waals surface area contributed by atoms with Crippen LogP contribution in [0.5, 0.6) is 0 Å². The summed E-state index contributed by atoms with van der Waals surface area (Å²) in [5.74, 6) is -5.23. The molecule has 0 atom stereocenters. The Morgan fingerprint density at radius 2 is 1.88 bits per heavy atom.